The minimum atomic E-state index is -0.810. The summed E-state index contributed by atoms with van der Waals surface area (Å²) in [7, 11) is 0. The Bertz CT molecular complexity index is 251. The van der Waals surface area contributed by atoms with Gasteiger partial charge in [-0.2, -0.15) is 0 Å². The van der Waals surface area contributed by atoms with Crippen molar-refractivity contribution in [2.75, 3.05) is 0 Å². The largest absolute Gasteiger partial charge is 0.389 e. The van der Waals surface area contributed by atoms with E-state index in [0.717, 1.165) is 5.56 Å². The van der Waals surface area contributed by atoms with Gasteiger partial charge in [-0.25, -0.2) is 0 Å². The van der Waals surface area contributed by atoms with Gasteiger partial charge in [-0.05, 0) is 25.8 Å². The first-order valence-corrected chi connectivity index (χ1v) is 4.52. The van der Waals surface area contributed by atoms with Crippen LogP contribution in [0.5, 0.6) is 0 Å². The molecule has 0 bridgehead atoms. The molecule has 0 fully saturated rings. The lowest BCUT2D eigenvalue weighted by molar-refractivity contribution is 0.0521. The van der Waals surface area contributed by atoms with E-state index in [9.17, 15) is 5.11 Å². The summed E-state index contributed by atoms with van der Waals surface area (Å²) in [6.07, 6.45) is 0.713. The molecule has 0 aliphatic carbocycles. The van der Waals surface area contributed by atoms with Gasteiger partial charge in [-0.15, -0.1) is 0 Å². The fourth-order valence-electron chi connectivity index (χ4n) is 1.12. The van der Waals surface area contributed by atoms with Crippen molar-refractivity contribution in [3.63, 3.8) is 0 Å². The molecule has 2 heteroatoms. The predicted molar refractivity (Wildman–Crippen MR) is 54.4 cm³/mol. The van der Waals surface area contributed by atoms with E-state index in [1.807, 2.05) is 30.3 Å². The number of hydrogen-bond donors (Lipinski definition) is 2. The molecular weight excluding hydrogens is 162 g/mol. The number of hydrogen-bond acceptors (Lipinski definition) is 2. The molecule has 0 spiro atoms. The number of rotatable bonds is 3. The van der Waals surface area contributed by atoms with Crippen molar-refractivity contribution < 1.29 is 5.11 Å². The van der Waals surface area contributed by atoms with Gasteiger partial charge >= 0.3 is 0 Å². The zero-order chi connectivity index (χ0) is 9.90. The zero-order valence-corrected chi connectivity index (χ0v) is 8.20. The number of nitrogens with two attached hydrogens (primary N) is 1. The Morgan fingerprint density at radius 3 is 2.31 bits per heavy atom. The summed E-state index contributed by atoms with van der Waals surface area (Å²) in [6, 6.07) is 9.75. The van der Waals surface area contributed by atoms with Crippen molar-refractivity contribution in [3.8, 4) is 0 Å². The molecule has 2 nitrogen and oxygen atoms in total. The van der Waals surface area contributed by atoms with E-state index in [2.05, 4.69) is 0 Å². The molecule has 0 radical (unpaired) electrons. The van der Waals surface area contributed by atoms with Crippen molar-refractivity contribution in [1.29, 1.82) is 0 Å². The van der Waals surface area contributed by atoms with E-state index in [1.165, 1.54) is 0 Å². The Morgan fingerprint density at radius 2 is 1.85 bits per heavy atom. The van der Waals surface area contributed by atoms with Crippen molar-refractivity contribution in [1.82, 2.24) is 0 Å². The highest BCUT2D eigenvalue weighted by Gasteiger charge is 2.22. The first-order chi connectivity index (χ1) is 6.00. The van der Waals surface area contributed by atoms with Crippen molar-refractivity contribution in [2.24, 2.45) is 5.73 Å². The second kappa shape index (κ2) is 3.90. The molecule has 72 valence electrons. The van der Waals surface area contributed by atoms with Crippen LogP contribution in [-0.4, -0.2) is 16.7 Å². The average Bonchev–Trinajstić information content (AvgIpc) is 2.04. The predicted octanol–water partition coefficient (Wildman–Crippen LogP) is 1.33. The number of aliphatic hydroxyl groups is 1. The average molecular weight is 179 g/mol. The molecule has 1 aromatic rings. The lowest BCUT2D eigenvalue weighted by Gasteiger charge is -2.25. The van der Waals surface area contributed by atoms with Crippen molar-refractivity contribution in [3.05, 3.63) is 35.9 Å². The summed E-state index contributed by atoms with van der Waals surface area (Å²) in [5, 5.41) is 9.62. The summed E-state index contributed by atoms with van der Waals surface area (Å²) in [4.78, 5) is 0. The maximum atomic E-state index is 9.62. The molecule has 1 atom stereocenters. The Balaban J connectivity index is 2.61. The fourth-order valence-corrected chi connectivity index (χ4v) is 1.12. The molecule has 0 aliphatic rings. The molecule has 0 unspecified atom stereocenters. The third-order valence-electron chi connectivity index (χ3n) is 2.21. The number of benzene rings is 1. The highest BCUT2D eigenvalue weighted by Crippen LogP contribution is 2.11. The van der Waals surface area contributed by atoms with Gasteiger partial charge in [-0.1, -0.05) is 30.3 Å². The van der Waals surface area contributed by atoms with Gasteiger partial charge in [0.1, 0.15) is 0 Å². The van der Waals surface area contributed by atoms with E-state index in [1.54, 1.807) is 13.8 Å². The third-order valence-corrected chi connectivity index (χ3v) is 2.21. The molecular formula is C11H17NO. The lowest BCUT2D eigenvalue weighted by atomic mass is 9.93. The van der Waals surface area contributed by atoms with Crippen LogP contribution >= 0.6 is 0 Å². The maximum absolute atomic E-state index is 9.62. The summed E-state index contributed by atoms with van der Waals surface area (Å²) >= 11 is 0. The van der Waals surface area contributed by atoms with Crippen LogP contribution in [0.15, 0.2) is 30.3 Å². The smallest absolute Gasteiger partial charge is 0.0745 e. The molecule has 0 aliphatic heterocycles. The Morgan fingerprint density at radius 1 is 1.31 bits per heavy atom. The molecule has 1 rings (SSSR count). The SMILES string of the molecule is CC(C)(O)[C@@H](N)Cc1ccccc1. The minimum Gasteiger partial charge on any atom is -0.389 e. The van der Waals surface area contributed by atoms with Crippen molar-refractivity contribution >= 4 is 0 Å². The monoisotopic (exact) mass is 179 g/mol. The van der Waals surface area contributed by atoms with E-state index < -0.39 is 5.60 Å². The Labute approximate surface area is 79.4 Å². The molecule has 1 aromatic carbocycles. The minimum absolute atomic E-state index is 0.213. The Kier molecular flexibility index (Phi) is 3.07. The summed E-state index contributed by atoms with van der Waals surface area (Å²) in [5.74, 6) is 0. The normalized spacial score (nSPS) is 14.2. The van der Waals surface area contributed by atoms with Crippen LogP contribution < -0.4 is 5.73 Å². The molecule has 0 heterocycles. The first kappa shape index (κ1) is 10.2. The standard InChI is InChI=1S/C11H17NO/c1-11(2,13)10(12)8-9-6-4-3-5-7-9/h3-7,10,13H,8,12H2,1-2H3/t10-/m0/s1. The second-order valence-corrected chi connectivity index (χ2v) is 3.95. The molecule has 0 aromatic heterocycles. The quantitative estimate of drug-likeness (QED) is 0.735. The van der Waals surface area contributed by atoms with Crippen LogP contribution in [0.3, 0.4) is 0 Å². The van der Waals surface area contributed by atoms with Gasteiger partial charge in [0.05, 0.1) is 5.60 Å². The van der Waals surface area contributed by atoms with E-state index >= 15 is 0 Å². The van der Waals surface area contributed by atoms with Gasteiger partial charge in [-0.3, -0.25) is 0 Å². The van der Waals surface area contributed by atoms with Gasteiger partial charge < -0.3 is 10.8 Å². The molecule has 0 saturated heterocycles. The molecule has 0 saturated carbocycles. The molecule has 0 amide bonds. The lowest BCUT2D eigenvalue weighted by Crippen LogP contribution is -2.44. The maximum Gasteiger partial charge on any atom is 0.0745 e. The van der Waals surface area contributed by atoms with E-state index in [0.29, 0.717) is 6.42 Å². The zero-order valence-electron chi connectivity index (χ0n) is 8.20. The van der Waals surface area contributed by atoms with E-state index in [4.69, 9.17) is 5.73 Å². The van der Waals surface area contributed by atoms with Gasteiger partial charge in [0.15, 0.2) is 0 Å². The summed E-state index contributed by atoms with van der Waals surface area (Å²) in [5.41, 5.74) is 6.19. The van der Waals surface area contributed by atoms with Crippen LogP contribution in [0, 0.1) is 0 Å². The highest BCUT2D eigenvalue weighted by atomic mass is 16.3. The van der Waals surface area contributed by atoms with Crippen LogP contribution in [0.1, 0.15) is 19.4 Å². The van der Waals surface area contributed by atoms with Crippen molar-refractivity contribution in [2.45, 2.75) is 31.9 Å². The van der Waals surface area contributed by atoms with Gasteiger partial charge in [0, 0.05) is 6.04 Å². The third kappa shape index (κ3) is 3.17. The van der Waals surface area contributed by atoms with Crippen LogP contribution in [0.25, 0.3) is 0 Å². The van der Waals surface area contributed by atoms with Crippen LogP contribution in [0.4, 0.5) is 0 Å². The van der Waals surface area contributed by atoms with Crippen LogP contribution in [0.2, 0.25) is 0 Å². The highest BCUT2D eigenvalue weighted by molar-refractivity contribution is 5.16. The second-order valence-electron chi connectivity index (χ2n) is 3.95. The van der Waals surface area contributed by atoms with E-state index in [-0.39, 0.29) is 6.04 Å². The first-order valence-electron chi connectivity index (χ1n) is 4.52. The van der Waals surface area contributed by atoms with Gasteiger partial charge in [0.2, 0.25) is 0 Å². The summed E-state index contributed by atoms with van der Waals surface area (Å²) < 4.78 is 0. The fraction of sp³-hybridized carbons (Fsp3) is 0.455. The van der Waals surface area contributed by atoms with Gasteiger partial charge in [0.25, 0.3) is 0 Å². The molecule has 13 heavy (non-hydrogen) atoms. The molecule has 3 N–H and O–H groups in total. The van der Waals surface area contributed by atoms with Crippen LogP contribution in [-0.2, 0) is 6.42 Å². The topological polar surface area (TPSA) is 46.2 Å². The Hall–Kier alpha value is -0.860. The summed E-state index contributed by atoms with van der Waals surface area (Å²) in [6.45, 7) is 3.47.